The Morgan fingerprint density at radius 3 is 2.53 bits per heavy atom. The predicted molar refractivity (Wildman–Crippen MR) is 83.6 cm³/mol. The number of nitrogens with zero attached hydrogens (tertiary/aromatic N) is 1. The van der Waals surface area contributed by atoms with Crippen LogP contribution < -0.4 is 5.73 Å². The van der Waals surface area contributed by atoms with Crippen LogP contribution in [0.25, 0.3) is 0 Å². The molecule has 0 spiro atoms. The molecule has 1 aromatic carbocycles. The zero-order chi connectivity index (χ0) is 13.7. The number of nitrogens with two attached hydrogens (primary N) is 1. The molecule has 1 unspecified atom stereocenters. The molecule has 0 aliphatic rings. The lowest BCUT2D eigenvalue weighted by molar-refractivity contribution is 0.256. The van der Waals surface area contributed by atoms with E-state index < -0.39 is 0 Å². The van der Waals surface area contributed by atoms with Gasteiger partial charge in [-0.1, -0.05) is 30.3 Å². The minimum absolute atomic E-state index is 0.337. The van der Waals surface area contributed by atoms with Crippen LogP contribution in [-0.4, -0.2) is 25.0 Å². The first-order valence-electron chi connectivity index (χ1n) is 6.70. The van der Waals surface area contributed by atoms with E-state index in [0.717, 1.165) is 13.0 Å². The smallest absolute Gasteiger partial charge is 0.0564 e. The zero-order valence-electron chi connectivity index (χ0n) is 11.7. The second-order valence-corrected chi connectivity index (χ2v) is 5.88. The largest absolute Gasteiger partial charge is 0.329 e. The molecule has 2 aromatic rings. The van der Waals surface area contributed by atoms with Crippen LogP contribution in [0.15, 0.2) is 41.8 Å². The van der Waals surface area contributed by atoms with Gasteiger partial charge in [0, 0.05) is 18.0 Å². The first-order chi connectivity index (χ1) is 9.22. The van der Waals surface area contributed by atoms with Crippen molar-refractivity contribution in [1.82, 2.24) is 4.90 Å². The summed E-state index contributed by atoms with van der Waals surface area (Å²) in [6, 6.07) is 13.1. The van der Waals surface area contributed by atoms with Gasteiger partial charge in [0.2, 0.25) is 0 Å². The number of aryl methyl sites for hydroxylation is 1. The van der Waals surface area contributed by atoms with Gasteiger partial charge >= 0.3 is 0 Å². The molecule has 2 rings (SSSR count). The van der Waals surface area contributed by atoms with Crippen molar-refractivity contribution in [2.45, 2.75) is 19.4 Å². The van der Waals surface area contributed by atoms with Crippen LogP contribution in [0.4, 0.5) is 0 Å². The molecule has 19 heavy (non-hydrogen) atoms. The summed E-state index contributed by atoms with van der Waals surface area (Å²) in [4.78, 5) is 3.77. The molecule has 0 saturated carbocycles. The summed E-state index contributed by atoms with van der Waals surface area (Å²) in [6.45, 7) is 3.87. The molecule has 0 bridgehead atoms. The third-order valence-corrected chi connectivity index (χ3v) is 4.68. The number of hydrogen-bond acceptors (Lipinski definition) is 3. The van der Waals surface area contributed by atoms with Gasteiger partial charge in [0.15, 0.2) is 0 Å². The second-order valence-electron chi connectivity index (χ2n) is 4.94. The Bertz CT molecular complexity index is 492. The van der Waals surface area contributed by atoms with Crippen molar-refractivity contribution in [3.63, 3.8) is 0 Å². The van der Waals surface area contributed by atoms with Crippen LogP contribution in [0.1, 0.15) is 22.0 Å². The van der Waals surface area contributed by atoms with Crippen LogP contribution in [0, 0.1) is 6.92 Å². The summed E-state index contributed by atoms with van der Waals surface area (Å²) >= 11 is 1.81. The Kier molecular flexibility index (Phi) is 5.14. The lowest BCUT2D eigenvalue weighted by atomic mass is 10.1. The topological polar surface area (TPSA) is 29.3 Å². The summed E-state index contributed by atoms with van der Waals surface area (Å²) < 4.78 is 0. The van der Waals surface area contributed by atoms with Crippen molar-refractivity contribution in [3.8, 4) is 0 Å². The van der Waals surface area contributed by atoms with Gasteiger partial charge < -0.3 is 5.73 Å². The third kappa shape index (κ3) is 3.66. The van der Waals surface area contributed by atoms with Crippen molar-refractivity contribution < 1.29 is 0 Å². The number of likely N-dealkylation sites (N-methyl/N-ethyl adjacent to an activating group) is 1. The maximum atomic E-state index is 5.97. The number of rotatable bonds is 6. The van der Waals surface area contributed by atoms with Crippen LogP contribution in [0.5, 0.6) is 0 Å². The highest BCUT2D eigenvalue weighted by atomic mass is 32.1. The van der Waals surface area contributed by atoms with Crippen molar-refractivity contribution in [1.29, 1.82) is 0 Å². The molecule has 1 atom stereocenters. The molecular weight excluding hydrogens is 252 g/mol. The Labute approximate surface area is 119 Å². The molecule has 0 fully saturated rings. The van der Waals surface area contributed by atoms with E-state index in [-0.39, 0.29) is 0 Å². The van der Waals surface area contributed by atoms with E-state index in [1.54, 1.807) is 0 Å². The standard InChI is InChI=1S/C16H22N2S/c1-13-9-11-19-16(13)15(12-17)18(2)10-8-14-6-4-3-5-7-14/h3-7,9,11,15H,8,10,12,17H2,1-2H3. The maximum absolute atomic E-state index is 5.97. The minimum Gasteiger partial charge on any atom is -0.329 e. The van der Waals surface area contributed by atoms with Crippen LogP contribution >= 0.6 is 11.3 Å². The van der Waals surface area contributed by atoms with E-state index in [1.165, 1.54) is 16.0 Å². The first-order valence-corrected chi connectivity index (χ1v) is 7.58. The maximum Gasteiger partial charge on any atom is 0.0564 e. The highest BCUT2D eigenvalue weighted by Crippen LogP contribution is 2.27. The fraction of sp³-hybridized carbons (Fsp3) is 0.375. The van der Waals surface area contributed by atoms with Gasteiger partial charge in [0.05, 0.1) is 6.04 Å². The first kappa shape index (κ1) is 14.3. The summed E-state index contributed by atoms with van der Waals surface area (Å²) in [5.74, 6) is 0. The molecule has 0 amide bonds. The van der Waals surface area contributed by atoms with E-state index in [4.69, 9.17) is 5.73 Å². The van der Waals surface area contributed by atoms with E-state index in [1.807, 2.05) is 11.3 Å². The highest BCUT2D eigenvalue weighted by molar-refractivity contribution is 7.10. The molecule has 2 N–H and O–H groups in total. The molecule has 102 valence electrons. The van der Waals surface area contributed by atoms with Crippen LogP contribution in [0.3, 0.4) is 0 Å². The van der Waals surface area contributed by atoms with E-state index in [9.17, 15) is 0 Å². The van der Waals surface area contributed by atoms with Crippen LogP contribution in [-0.2, 0) is 6.42 Å². The SMILES string of the molecule is Cc1ccsc1C(CN)N(C)CCc1ccccc1. The summed E-state index contributed by atoms with van der Waals surface area (Å²) in [5, 5.41) is 2.15. The Hall–Kier alpha value is -1.16. The van der Waals surface area contributed by atoms with Gasteiger partial charge in [0.1, 0.15) is 0 Å². The predicted octanol–water partition coefficient (Wildman–Crippen LogP) is 3.23. The Morgan fingerprint density at radius 2 is 1.95 bits per heavy atom. The van der Waals surface area contributed by atoms with Gasteiger partial charge in [-0.2, -0.15) is 0 Å². The number of benzene rings is 1. The van der Waals surface area contributed by atoms with Gasteiger partial charge in [-0.25, -0.2) is 0 Å². The van der Waals surface area contributed by atoms with Crippen molar-refractivity contribution in [2.75, 3.05) is 20.1 Å². The normalized spacial score (nSPS) is 12.8. The third-order valence-electron chi connectivity index (χ3n) is 3.56. The van der Waals surface area contributed by atoms with Crippen LogP contribution in [0.2, 0.25) is 0 Å². The Morgan fingerprint density at radius 1 is 1.21 bits per heavy atom. The fourth-order valence-electron chi connectivity index (χ4n) is 2.32. The zero-order valence-corrected chi connectivity index (χ0v) is 12.5. The molecule has 1 aromatic heterocycles. The molecule has 0 aliphatic heterocycles. The molecule has 2 nitrogen and oxygen atoms in total. The van der Waals surface area contributed by atoms with Gasteiger partial charge in [-0.05, 0) is 43.0 Å². The van der Waals surface area contributed by atoms with Crippen molar-refractivity contribution in [2.24, 2.45) is 5.73 Å². The monoisotopic (exact) mass is 274 g/mol. The minimum atomic E-state index is 0.337. The molecule has 1 heterocycles. The molecule has 0 aliphatic carbocycles. The summed E-state index contributed by atoms with van der Waals surface area (Å²) in [7, 11) is 2.17. The van der Waals surface area contributed by atoms with Crippen molar-refractivity contribution >= 4 is 11.3 Å². The Balaban J connectivity index is 1.98. The van der Waals surface area contributed by atoms with Crippen molar-refractivity contribution in [3.05, 3.63) is 57.8 Å². The van der Waals surface area contributed by atoms with Gasteiger partial charge in [-0.15, -0.1) is 11.3 Å². The van der Waals surface area contributed by atoms with E-state index in [0.29, 0.717) is 12.6 Å². The average Bonchev–Trinajstić information content (AvgIpc) is 2.85. The van der Waals surface area contributed by atoms with Gasteiger partial charge in [0.25, 0.3) is 0 Å². The van der Waals surface area contributed by atoms with E-state index >= 15 is 0 Å². The lowest BCUT2D eigenvalue weighted by Crippen LogP contribution is -2.32. The molecular formula is C16H22N2S. The summed E-state index contributed by atoms with van der Waals surface area (Å²) in [5.41, 5.74) is 8.70. The average molecular weight is 274 g/mol. The fourth-order valence-corrected chi connectivity index (χ4v) is 3.42. The molecule has 3 heteroatoms. The summed E-state index contributed by atoms with van der Waals surface area (Å²) in [6.07, 6.45) is 1.07. The second kappa shape index (κ2) is 6.85. The highest BCUT2D eigenvalue weighted by Gasteiger charge is 2.18. The number of thiophene rings is 1. The lowest BCUT2D eigenvalue weighted by Gasteiger charge is -2.27. The molecule has 0 saturated heterocycles. The quantitative estimate of drug-likeness (QED) is 0.876. The number of hydrogen-bond donors (Lipinski definition) is 1. The van der Waals surface area contributed by atoms with Gasteiger partial charge in [-0.3, -0.25) is 4.90 Å². The van der Waals surface area contributed by atoms with E-state index in [2.05, 4.69) is 60.6 Å². The molecule has 0 radical (unpaired) electrons.